The van der Waals surface area contributed by atoms with Crippen molar-refractivity contribution in [2.45, 2.75) is 25.3 Å². The molecule has 4 rings (SSSR count). The number of hydrogen-bond donors (Lipinski definition) is 2. The minimum absolute atomic E-state index is 0.412. The molecule has 8 nitrogen and oxygen atoms in total. The van der Waals surface area contributed by atoms with E-state index < -0.39 is 0 Å². The van der Waals surface area contributed by atoms with E-state index in [4.69, 9.17) is 0 Å². The van der Waals surface area contributed by atoms with E-state index in [1.54, 1.807) is 31.1 Å². The summed E-state index contributed by atoms with van der Waals surface area (Å²) < 4.78 is 0. The lowest BCUT2D eigenvalue weighted by Crippen LogP contribution is -2.34. The number of rotatable bonds is 5. The Balaban J connectivity index is 1.39. The van der Waals surface area contributed by atoms with Gasteiger partial charge < -0.3 is 10.3 Å². The Bertz CT molecular complexity index is 772. The second-order valence-electron chi connectivity index (χ2n) is 6.19. The Morgan fingerprint density at radius 1 is 1.04 bits per heavy atom. The first-order chi connectivity index (χ1) is 12.4. The lowest BCUT2D eigenvalue weighted by molar-refractivity contribution is 0.196. The van der Waals surface area contributed by atoms with Crippen LogP contribution in [0.3, 0.4) is 0 Å². The number of nitrogens with one attached hydrogen (secondary N) is 2. The quantitative estimate of drug-likeness (QED) is 0.736. The largest absolute Gasteiger partial charge is 0.347 e. The van der Waals surface area contributed by atoms with Crippen molar-refractivity contribution in [2.75, 3.05) is 18.4 Å². The first-order valence-electron chi connectivity index (χ1n) is 8.41. The van der Waals surface area contributed by atoms with Gasteiger partial charge in [0.15, 0.2) is 0 Å². The SMILES string of the molecule is c1cnc(Nc2cnc(C3CCCN(Cc4cnc[nH]4)C3)cn2)cn1. The zero-order valence-corrected chi connectivity index (χ0v) is 13.8. The summed E-state index contributed by atoms with van der Waals surface area (Å²) in [6, 6.07) is 0. The predicted octanol–water partition coefficient (Wildman–Crippen LogP) is 2.11. The molecule has 1 aliphatic rings. The van der Waals surface area contributed by atoms with E-state index in [1.165, 1.54) is 6.42 Å². The average molecular weight is 336 g/mol. The van der Waals surface area contributed by atoms with E-state index in [1.807, 2.05) is 12.4 Å². The van der Waals surface area contributed by atoms with Crippen LogP contribution in [0.1, 0.15) is 30.1 Å². The summed E-state index contributed by atoms with van der Waals surface area (Å²) in [4.78, 5) is 27.0. The number of likely N-dealkylation sites (tertiary alicyclic amines) is 1. The van der Waals surface area contributed by atoms with E-state index in [2.05, 4.69) is 40.1 Å². The molecule has 0 aliphatic carbocycles. The molecule has 0 amide bonds. The Kier molecular flexibility index (Phi) is 4.60. The van der Waals surface area contributed by atoms with Crippen molar-refractivity contribution in [3.63, 3.8) is 0 Å². The fourth-order valence-electron chi connectivity index (χ4n) is 3.16. The highest BCUT2D eigenvalue weighted by Gasteiger charge is 2.23. The summed E-state index contributed by atoms with van der Waals surface area (Å²) in [5, 5.41) is 3.10. The van der Waals surface area contributed by atoms with Crippen LogP contribution in [0, 0.1) is 0 Å². The van der Waals surface area contributed by atoms with Crippen LogP contribution in [0.15, 0.2) is 43.5 Å². The van der Waals surface area contributed by atoms with Crippen molar-refractivity contribution in [1.29, 1.82) is 0 Å². The molecule has 8 heteroatoms. The van der Waals surface area contributed by atoms with Crippen molar-refractivity contribution in [2.24, 2.45) is 0 Å². The van der Waals surface area contributed by atoms with E-state index in [9.17, 15) is 0 Å². The molecule has 128 valence electrons. The molecule has 0 aromatic carbocycles. The lowest BCUT2D eigenvalue weighted by atomic mass is 9.95. The smallest absolute Gasteiger partial charge is 0.150 e. The predicted molar refractivity (Wildman–Crippen MR) is 93.2 cm³/mol. The summed E-state index contributed by atoms with van der Waals surface area (Å²) in [5.74, 6) is 1.75. The summed E-state index contributed by atoms with van der Waals surface area (Å²) in [5.41, 5.74) is 2.19. The van der Waals surface area contributed by atoms with Crippen LogP contribution in [-0.4, -0.2) is 47.9 Å². The third kappa shape index (κ3) is 3.97. The van der Waals surface area contributed by atoms with Gasteiger partial charge in [-0.25, -0.2) is 15.0 Å². The van der Waals surface area contributed by atoms with Crippen molar-refractivity contribution < 1.29 is 0 Å². The lowest BCUT2D eigenvalue weighted by Gasteiger charge is -2.31. The molecule has 3 aromatic heterocycles. The van der Waals surface area contributed by atoms with Crippen molar-refractivity contribution in [1.82, 2.24) is 34.8 Å². The first-order valence-corrected chi connectivity index (χ1v) is 8.41. The fourth-order valence-corrected chi connectivity index (χ4v) is 3.16. The van der Waals surface area contributed by atoms with Gasteiger partial charge in [0.2, 0.25) is 0 Å². The van der Waals surface area contributed by atoms with Crippen LogP contribution in [0.4, 0.5) is 11.6 Å². The number of piperidine rings is 1. The van der Waals surface area contributed by atoms with Gasteiger partial charge in [-0.3, -0.25) is 14.9 Å². The van der Waals surface area contributed by atoms with Gasteiger partial charge in [0, 0.05) is 43.3 Å². The second-order valence-corrected chi connectivity index (χ2v) is 6.19. The van der Waals surface area contributed by atoms with Crippen LogP contribution in [0.5, 0.6) is 0 Å². The van der Waals surface area contributed by atoms with E-state index >= 15 is 0 Å². The second kappa shape index (κ2) is 7.35. The number of H-pyrrole nitrogens is 1. The average Bonchev–Trinajstić information content (AvgIpc) is 3.16. The van der Waals surface area contributed by atoms with Gasteiger partial charge in [-0.15, -0.1) is 0 Å². The summed E-state index contributed by atoms with van der Waals surface area (Å²) in [7, 11) is 0. The van der Waals surface area contributed by atoms with E-state index in [0.717, 1.165) is 37.4 Å². The van der Waals surface area contributed by atoms with Crippen molar-refractivity contribution in [3.05, 3.63) is 54.9 Å². The maximum atomic E-state index is 4.61. The molecule has 0 spiro atoms. The molecule has 25 heavy (non-hydrogen) atoms. The van der Waals surface area contributed by atoms with Gasteiger partial charge in [0.25, 0.3) is 0 Å². The molecule has 2 N–H and O–H groups in total. The van der Waals surface area contributed by atoms with Gasteiger partial charge >= 0.3 is 0 Å². The van der Waals surface area contributed by atoms with Crippen LogP contribution in [0.2, 0.25) is 0 Å². The topological polar surface area (TPSA) is 95.5 Å². The standard InChI is InChI=1S/C17H20N8/c1-2-13(10-25(5-1)11-14-6-19-12-23-14)15-7-22-17(9-21-15)24-16-8-18-3-4-20-16/h3-4,6-9,12-13H,1-2,5,10-11H2,(H,19,23)(H,20,22,24). The van der Waals surface area contributed by atoms with Gasteiger partial charge in [0.1, 0.15) is 11.6 Å². The number of nitrogens with zero attached hydrogens (tertiary/aromatic N) is 6. The number of aromatic nitrogens is 6. The molecule has 1 fully saturated rings. The van der Waals surface area contributed by atoms with Gasteiger partial charge in [-0.1, -0.05) is 0 Å². The Hall–Kier alpha value is -2.87. The van der Waals surface area contributed by atoms with Crippen LogP contribution in [-0.2, 0) is 6.54 Å². The number of hydrogen-bond acceptors (Lipinski definition) is 7. The zero-order valence-electron chi connectivity index (χ0n) is 13.8. The van der Waals surface area contributed by atoms with Crippen LogP contribution >= 0.6 is 0 Å². The highest BCUT2D eigenvalue weighted by atomic mass is 15.1. The minimum atomic E-state index is 0.412. The number of aromatic amines is 1. The van der Waals surface area contributed by atoms with Gasteiger partial charge in [0.05, 0.1) is 30.6 Å². The molecule has 1 unspecified atom stereocenters. The van der Waals surface area contributed by atoms with Crippen LogP contribution in [0.25, 0.3) is 0 Å². The fraction of sp³-hybridized carbons (Fsp3) is 0.353. The Labute approximate surface area is 145 Å². The Morgan fingerprint density at radius 2 is 2.00 bits per heavy atom. The van der Waals surface area contributed by atoms with Crippen molar-refractivity contribution in [3.8, 4) is 0 Å². The minimum Gasteiger partial charge on any atom is -0.347 e. The normalized spacial score (nSPS) is 18.2. The van der Waals surface area contributed by atoms with Crippen LogP contribution < -0.4 is 5.32 Å². The molecule has 3 aromatic rings. The highest BCUT2D eigenvalue weighted by molar-refractivity contribution is 5.48. The molecule has 1 aliphatic heterocycles. The monoisotopic (exact) mass is 336 g/mol. The highest BCUT2D eigenvalue weighted by Crippen LogP contribution is 2.26. The molecule has 1 atom stereocenters. The molecular formula is C17H20N8. The van der Waals surface area contributed by atoms with E-state index in [0.29, 0.717) is 17.6 Å². The maximum Gasteiger partial charge on any atom is 0.150 e. The third-order valence-corrected chi connectivity index (χ3v) is 4.36. The Morgan fingerprint density at radius 3 is 2.76 bits per heavy atom. The molecule has 4 heterocycles. The van der Waals surface area contributed by atoms with E-state index in [-0.39, 0.29) is 0 Å². The molecule has 0 saturated carbocycles. The molecular weight excluding hydrogens is 316 g/mol. The maximum absolute atomic E-state index is 4.61. The summed E-state index contributed by atoms with van der Waals surface area (Å²) in [6.07, 6.45) is 14.5. The van der Waals surface area contributed by atoms with Crippen molar-refractivity contribution >= 4 is 11.6 Å². The summed E-state index contributed by atoms with van der Waals surface area (Å²) >= 11 is 0. The zero-order chi connectivity index (χ0) is 16.9. The van der Waals surface area contributed by atoms with Gasteiger partial charge in [-0.2, -0.15) is 0 Å². The number of imidazole rings is 1. The third-order valence-electron chi connectivity index (χ3n) is 4.36. The van der Waals surface area contributed by atoms with Gasteiger partial charge in [-0.05, 0) is 19.4 Å². The molecule has 0 bridgehead atoms. The number of anilines is 2. The molecule has 0 radical (unpaired) electrons. The summed E-state index contributed by atoms with van der Waals surface area (Å²) in [6.45, 7) is 3.00. The molecule has 1 saturated heterocycles. The first kappa shape index (κ1) is 15.6.